The van der Waals surface area contributed by atoms with Crippen LogP contribution in [0.4, 0.5) is 0 Å². The van der Waals surface area contributed by atoms with Crippen LogP contribution in [-0.2, 0) is 5.41 Å². The molecule has 16 heavy (non-hydrogen) atoms. The van der Waals surface area contributed by atoms with Gasteiger partial charge in [0.05, 0.1) is 0 Å². The van der Waals surface area contributed by atoms with Gasteiger partial charge in [0.2, 0.25) is 0 Å². The second kappa shape index (κ2) is 4.26. The molecule has 0 aliphatic carbocycles. The summed E-state index contributed by atoms with van der Waals surface area (Å²) < 4.78 is 0. The molecule has 0 N–H and O–H groups in total. The minimum absolute atomic E-state index is 0.0203. The normalized spacial score (nSPS) is 11.4. The van der Waals surface area contributed by atoms with Crippen molar-refractivity contribution in [3.05, 3.63) is 64.9 Å². The van der Waals surface area contributed by atoms with E-state index in [9.17, 15) is 0 Å². The number of halogens is 1. The van der Waals surface area contributed by atoms with Gasteiger partial charge in [0.1, 0.15) is 0 Å². The molecular formula is C14H14ClN. The molecule has 0 bridgehead atoms. The minimum atomic E-state index is -0.0203. The topological polar surface area (TPSA) is 12.9 Å². The number of hydrogen-bond acceptors (Lipinski definition) is 1. The highest BCUT2D eigenvalue weighted by Gasteiger charge is 2.22. The van der Waals surface area contributed by atoms with E-state index in [2.05, 4.69) is 43.1 Å². The Bertz CT molecular complexity index is 460. The molecule has 1 heterocycles. The van der Waals surface area contributed by atoms with Gasteiger partial charge in [-0.15, -0.1) is 0 Å². The Kier molecular flexibility index (Phi) is 2.97. The first-order valence-corrected chi connectivity index (χ1v) is 5.65. The highest BCUT2D eigenvalue weighted by Crippen LogP contribution is 2.31. The lowest BCUT2D eigenvalue weighted by atomic mass is 9.79. The molecule has 0 fully saturated rings. The van der Waals surface area contributed by atoms with E-state index in [4.69, 9.17) is 11.6 Å². The van der Waals surface area contributed by atoms with Gasteiger partial charge in [0.15, 0.2) is 0 Å². The summed E-state index contributed by atoms with van der Waals surface area (Å²) in [5.41, 5.74) is 2.49. The van der Waals surface area contributed by atoms with Crippen molar-refractivity contribution in [2.24, 2.45) is 0 Å². The second-order valence-electron chi connectivity index (χ2n) is 4.37. The fourth-order valence-corrected chi connectivity index (χ4v) is 1.93. The van der Waals surface area contributed by atoms with Crippen LogP contribution in [0.25, 0.3) is 0 Å². The highest BCUT2D eigenvalue weighted by atomic mass is 35.5. The minimum Gasteiger partial charge on any atom is -0.265 e. The van der Waals surface area contributed by atoms with Crippen LogP contribution < -0.4 is 0 Å². The molecule has 82 valence electrons. The SMILES string of the molecule is CC(C)(c1ccncc1)c1ccc(Cl)cc1. The molecule has 0 radical (unpaired) electrons. The zero-order valence-electron chi connectivity index (χ0n) is 9.44. The third-order valence-corrected chi connectivity index (χ3v) is 3.22. The first-order valence-electron chi connectivity index (χ1n) is 5.27. The second-order valence-corrected chi connectivity index (χ2v) is 4.80. The average Bonchev–Trinajstić information content (AvgIpc) is 2.31. The van der Waals surface area contributed by atoms with Crippen molar-refractivity contribution in [2.45, 2.75) is 19.3 Å². The van der Waals surface area contributed by atoms with Gasteiger partial charge in [-0.3, -0.25) is 4.98 Å². The summed E-state index contributed by atoms with van der Waals surface area (Å²) >= 11 is 5.90. The summed E-state index contributed by atoms with van der Waals surface area (Å²) in [5, 5.41) is 0.772. The predicted octanol–water partition coefficient (Wildman–Crippen LogP) is 4.06. The number of benzene rings is 1. The third kappa shape index (κ3) is 2.10. The van der Waals surface area contributed by atoms with E-state index in [0.29, 0.717) is 0 Å². The fourth-order valence-electron chi connectivity index (χ4n) is 1.80. The van der Waals surface area contributed by atoms with E-state index in [-0.39, 0.29) is 5.41 Å². The van der Waals surface area contributed by atoms with Gasteiger partial charge < -0.3 is 0 Å². The van der Waals surface area contributed by atoms with E-state index >= 15 is 0 Å². The van der Waals surface area contributed by atoms with Crippen molar-refractivity contribution in [3.63, 3.8) is 0 Å². The molecule has 0 amide bonds. The van der Waals surface area contributed by atoms with Gasteiger partial charge in [0, 0.05) is 22.8 Å². The Morgan fingerprint density at radius 2 is 1.38 bits per heavy atom. The van der Waals surface area contributed by atoms with Crippen LogP contribution in [0, 0.1) is 0 Å². The van der Waals surface area contributed by atoms with Crippen molar-refractivity contribution in [2.75, 3.05) is 0 Å². The molecule has 0 saturated heterocycles. The lowest BCUT2D eigenvalue weighted by molar-refractivity contribution is 0.639. The Labute approximate surface area is 101 Å². The average molecular weight is 232 g/mol. The van der Waals surface area contributed by atoms with Crippen LogP contribution >= 0.6 is 11.6 Å². The summed E-state index contributed by atoms with van der Waals surface area (Å²) in [5.74, 6) is 0. The van der Waals surface area contributed by atoms with Crippen LogP contribution in [0.15, 0.2) is 48.8 Å². The van der Waals surface area contributed by atoms with Crippen molar-refractivity contribution in [3.8, 4) is 0 Å². The molecule has 0 aliphatic heterocycles. The summed E-state index contributed by atoms with van der Waals surface area (Å²) in [6, 6.07) is 12.1. The predicted molar refractivity (Wildman–Crippen MR) is 67.8 cm³/mol. The van der Waals surface area contributed by atoms with Crippen LogP contribution in [0.2, 0.25) is 5.02 Å². The summed E-state index contributed by atoms with van der Waals surface area (Å²) in [7, 11) is 0. The number of rotatable bonds is 2. The van der Waals surface area contributed by atoms with Crippen LogP contribution in [0.1, 0.15) is 25.0 Å². The molecule has 0 aliphatic rings. The fraction of sp³-hybridized carbons (Fsp3) is 0.214. The quantitative estimate of drug-likeness (QED) is 0.760. The smallest absolute Gasteiger partial charge is 0.0406 e. The number of pyridine rings is 1. The monoisotopic (exact) mass is 231 g/mol. The molecule has 2 heteroatoms. The molecule has 1 nitrogen and oxygen atoms in total. The molecule has 1 aromatic heterocycles. The third-order valence-electron chi connectivity index (χ3n) is 2.97. The van der Waals surface area contributed by atoms with Crippen molar-refractivity contribution in [1.29, 1.82) is 0 Å². The number of nitrogens with zero attached hydrogens (tertiary/aromatic N) is 1. The summed E-state index contributed by atoms with van der Waals surface area (Å²) in [4.78, 5) is 4.05. The van der Waals surface area contributed by atoms with Crippen LogP contribution in [0.5, 0.6) is 0 Å². The molecule has 0 atom stereocenters. The van der Waals surface area contributed by atoms with Gasteiger partial charge in [-0.2, -0.15) is 0 Å². The summed E-state index contributed by atoms with van der Waals surface area (Å²) in [6.45, 7) is 4.40. The van der Waals surface area contributed by atoms with E-state index in [1.807, 2.05) is 24.5 Å². The summed E-state index contributed by atoms with van der Waals surface area (Å²) in [6.07, 6.45) is 3.65. The van der Waals surface area contributed by atoms with Gasteiger partial charge in [-0.25, -0.2) is 0 Å². The molecule has 2 rings (SSSR count). The molecule has 0 saturated carbocycles. The molecular weight excluding hydrogens is 218 g/mol. The van der Waals surface area contributed by atoms with Crippen LogP contribution in [-0.4, -0.2) is 4.98 Å². The largest absolute Gasteiger partial charge is 0.265 e. The standard InChI is InChI=1S/C14H14ClN/c1-14(2,12-7-9-16-10-8-12)11-3-5-13(15)6-4-11/h3-10H,1-2H3. The van der Waals surface area contributed by atoms with Crippen molar-refractivity contribution in [1.82, 2.24) is 4.98 Å². The zero-order chi connectivity index (χ0) is 11.6. The lowest BCUT2D eigenvalue weighted by Crippen LogP contribution is -2.18. The molecule has 0 spiro atoms. The Morgan fingerprint density at radius 3 is 1.94 bits per heavy atom. The van der Waals surface area contributed by atoms with Gasteiger partial charge >= 0.3 is 0 Å². The van der Waals surface area contributed by atoms with E-state index in [1.54, 1.807) is 0 Å². The van der Waals surface area contributed by atoms with E-state index < -0.39 is 0 Å². The highest BCUT2D eigenvalue weighted by molar-refractivity contribution is 6.30. The Balaban J connectivity index is 2.43. The number of hydrogen-bond donors (Lipinski definition) is 0. The van der Waals surface area contributed by atoms with E-state index in [0.717, 1.165) is 5.02 Å². The Hall–Kier alpha value is -1.34. The maximum Gasteiger partial charge on any atom is 0.0406 e. The first-order chi connectivity index (χ1) is 7.60. The van der Waals surface area contributed by atoms with Gasteiger partial charge in [-0.05, 0) is 35.4 Å². The zero-order valence-corrected chi connectivity index (χ0v) is 10.2. The first kappa shape index (κ1) is 11.2. The molecule has 1 aromatic carbocycles. The van der Waals surface area contributed by atoms with Crippen molar-refractivity contribution >= 4 is 11.6 Å². The van der Waals surface area contributed by atoms with Crippen molar-refractivity contribution < 1.29 is 0 Å². The lowest BCUT2D eigenvalue weighted by Gasteiger charge is -2.25. The van der Waals surface area contributed by atoms with Gasteiger partial charge in [0.25, 0.3) is 0 Å². The number of aromatic nitrogens is 1. The Morgan fingerprint density at radius 1 is 0.875 bits per heavy atom. The van der Waals surface area contributed by atoms with Crippen LogP contribution in [0.3, 0.4) is 0 Å². The maximum absolute atomic E-state index is 5.90. The van der Waals surface area contributed by atoms with Gasteiger partial charge in [-0.1, -0.05) is 37.6 Å². The molecule has 2 aromatic rings. The van der Waals surface area contributed by atoms with E-state index in [1.165, 1.54) is 11.1 Å². The maximum atomic E-state index is 5.90. The molecule has 0 unspecified atom stereocenters.